The van der Waals surface area contributed by atoms with E-state index >= 15 is 0 Å². The van der Waals surface area contributed by atoms with Crippen LogP contribution in [-0.2, 0) is 22.9 Å². The van der Waals surface area contributed by atoms with Gasteiger partial charge in [-0.3, -0.25) is 0 Å². The van der Waals surface area contributed by atoms with E-state index in [1.807, 2.05) is 6.66 Å². The first-order valence-electron chi connectivity index (χ1n) is 12.4. The molecule has 158 valence electrons. The van der Waals surface area contributed by atoms with Crippen LogP contribution in [0.2, 0.25) is 0 Å². The van der Waals surface area contributed by atoms with Crippen LogP contribution in [-0.4, -0.2) is 0 Å². The first-order valence-corrected chi connectivity index (χ1v) is 16.0. The van der Waals surface area contributed by atoms with Crippen LogP contribution in [0.4, 0.5) is 0 Å². The van der Waals surface area contributed by atoms with Gasteiger partial charge in [-0.1, -0.05) is 0 Å². The van der Waals surface area contributed by atoms with Crippen LogP contribution in [0.5, 0.6) is 0 Å². The second kappa shape index (κ2) is 7.14. The molecule has 0 aromatic heterocycles. The van der Waals surface area contributed by atoms with Crippen molar-refractivity contribution in [2.75, 3.05) is 0 Å². The van der Waals surface area contributed by atoms with Gasteiger partial charge in [0.1, 0.15) is 0 Å². The third kappa shape index (κ3) is 2.74. The fourth-order valence-corrected chi connectivity index (χ4v) is 13.7. The molecule has 0 aromatic carbocycles. The van der Waals surface area contributed by atoms with Gasteiger partial charge in [0.25, 0.3) is 0 Å². The van der Waals surface area contributed by atoms with Gasteiger partial charge >= 0.3 is 200 Å². The zero-order valence-corrected chi connectivity index (χ0v) is 23.6. The molecular weight excluding hydrogens is 539 g/mol. The van der Waals surface area contributed by atoms with Crippen molar-refractivity contribution >= 4 is 0 Å². The predicted molar refractivity (Wildman–Crippen MR) is 127 cm³/mol. The van der Waals surface area contributed by atoms with Gasteiger partial charge in [0, 0.05) is 0 Å². The average molecular weight is 573 g/mol. The van der Waals surface area contributed by atoms with Crippen molar-refractivity contribution in [1.29, 1.82) is 0 Å². The van der Waals surface area contributed by atoms with E-state index in [0.29, 0.717) is 11.8 Å². The van der Waals surface area contributed by atoms with Gasteiger partial charge in [-0.25, -0.2) is 0 Å². The second-order valence-electron chi connectivity index (χ2n) is 10.6. The molecule has 0 saturated carbocycles. The minimum absolute atomic E-state index is 0.647. The van der Waals surface area contributed by atoms with E-state index in [1.165, 1.54) is 38.5 Å². The quantitative estimate of drug-likeness (QED) is 0.292. The first kappa shape index (κ1) is 20.4. The SMILES string of the molecule is CC1=CC2=C(C)C3=C(CCC3)C(C)C2=[C]1[Hf][C]1=C2C(=C(C)C3=C(CCC3)C2C)C=C1C. The van der Waals surface area contributed by atoms with Crippen LogP contribution in [0.1, 0.15) is 80.1 Å². The molecule has 0 aliphatic heterocycles. The van der Waals surface area contributed by atoms with E-state index in [4.69, 9.17) is 0 Å². The number of hydrogen-bond acceptors (Lipinski definition) is 0. The molecule has 0 saturated heterocycles. The summed E-state index contributed by atoms with van der Waals surface area (Å²) in [4.78, 5) is 0. The Kier molecular flexibility index (Phi) is 4.70. The summed E-state index contributed by atoms with van der Waals surface area (Å²) in [6.07, 6.45) is 13.1. The number of hydrogen-bond donors (Lipinski definition) is 0. The van der Waals surface area contributed by atoms with E-state index < -0.39 is 22.9 Å². The Balaban J connectivity index is 1.48. The van der Waals surface area contributed by atoms with E-state index in [2.05, 4.69) is 53.7 Å². The van der Waals surface area contributed by atoms with Gasteiger partial charge in [-0.05, 0) is 0 Å². The van der Waals surface area contributed by atoms with Crippen molar-refractivity contribution in [1.82, 2.24) is 0 Å². The molecule has 0 heterocycles. The van der Waals surface area contributed by atoms with E-state index in [1.54, 1.807) is 66.9 Å². The second-order valence-corrected chi connectivity index (χ2v) is 15.1. The molecule has 0 bridgehead atoms. The maximum absolute atomic E-state index is 2.56. The van der Waals surface area contributed by atoms with Crippen molar-refractivity contribution in [2.45, 2.75) is 80.1 Å². The molecule has 0 radical (unpaired) electrons. The maximum atomic E-state index is 2.56. The summed E-state index contributed by atoms with van der Waals surface area (Å²) in [5, 5.41) is 0. The molecule has 0 aromatic rings. The molecule has 6 rings (SSSR count). The Morgan fingerprint density at radius 3 is 1.48 bits per heavy atom. The summed E-state index contributed by atoms with van der Waals surface area (Å²) in [6, 6.07) is 0. The molecule has 0 spiro atoms. The molecule has 6 aliphatic rings. The molecule has 2 atom stereocenters. The molecule has 2 unspecified atom stereocenters. The molecule has 1 heteroatoms. The van der Waals surface area contributed by atoms with Gasteiger partial charge in [-0.2, -0.15) is 0 Å². The van der Waals surface area contributed by atoms with Crippen LogP contribution >= 0.6 is 0 Å². The topological polar surface area (TPSA) is 0 Å². The minimum atomic E-state index is -1.17. The van der Waals surface area contributed by atoms with Crippen LogP contribution in [0, 0.1) is 11.8 Å². The Morgan fingerprint density at radius 1 is 0.645 bits per heavy atom. The number of rotatable bonds is 2. The van der Waals surface area contributed by atoms with Crippen molar-refractivity contribution in [3.8, 4) is 0 Å². The summed E-state index contributed by atoms with van der Waals surface area (Å²) in [7, 11) is 0. The normalized spacial score (nSPS) is 29.7. The Bertz CT molecular complexity index is 1100. The van der Waals surface area contributed by atoms with E-state index in [-0.39, 0.29) is 0 Å². The fourth-order valence-electron chi connectivity index (χ4n) is 7.42. The molecular formula is C30H34Hf. The van der Waals surface area contributed by atoms with Gasteiger partial charge in [0.05, 0.1) is 0 Å². The molecule has 0 nitrogen and oxygen atoms in total. The van der Waals surface area contributed by atoms with E-state index in [9.17, 15) is 0 Å². The van der Waals surface area contributed by atoms with Crippen molar-refractivity contribution in [3.05, 3.63) is 85.7 Å². The van der Waals surface area contributed by atoms with Gasteiger partial charge in [-0.15, -0.1) is 0 Å². The van der Waals surface area contributed by atoms with Crippen LogP contribution in [0.3, 0.4) is 0 Å². The molecule has 6 aliphatic carbocycles. The number of allylic oxidation sites excluding steroid dienone is 16. The summed E-state index contributed by atoms with van der Waals surface area (Å²) in [5.74, 6) is 1.29. The van der Waals surface area contributed by atoms with E-state index in [0.717, 1.165) is 0 Å². The van der Waals surface area contributed by atoms with Crippen LogP contribution < -0.4 is 0 Å². The zero-order valence-electron chi connectivity index (χ0n) is 20.1. The van der Waals surface area contributed by atoms with Gasteiger partial charge in [0.15, 0.2) is 0 Å². The molecule has 0 fully saturated rings. The molecule has 0 N–H and O–H groups in total. The van der Waals surface area contributed by atoms with Crippen molar-refractivity contribution in [3.63, 3.8) is 0 Å². The molecule has 31 heavy (non-hydrogen) atoms. The van der Waals surface area contributed by atoms with Crippen LogP contribution in [0.25, 0.3) is 0 Å². The first-order chi connectivity index (χ1) is 14.9. The Labute approximate surface area is 199 Å². The third-order valence-electron chi connectivity index (χ3n) is 9.03. The summed E-state index contributed by atoms with van der Waals surface area (Å²) in [5.41, 5.74) is 20.1. The number of fused-ring (bicyclic) bond motifs is 2. The summed E-state index contributed by atoms with van der Waals surface area (Å²) in [6.45, 7) is 14.7. The third-order valence-corrected chi connectivity index (χ3v) is 15.6. The standard InChI is InChI=1S/2C15H17.Hf/c2*1-9-7-14-10(2)12-5-4-6-13(12)11(3)15(14)8-9;/h2*7,11H,4-6H2,1-3H3;. The van der Waals surface area contributed by atoms with Crippen molar-refractivity contribution < 1.29 is 22.9 Å². The van der Waals surface area contributed by atoms with Crippen molar-refractivity contribution in [2.24, 2.45) is 11.8 Å². The molecule has 0 amide bonds. The monoisotopic (exact) mass is 574 g/mol. The van der Waals surface area contributed by atoms with Gasteiger partial charge in [0.2, 0.25) is 0 Å². The fraction of sp³-hybridized carbons (Fsp3) is 0.467. The predicted octanol–water partition coefficient (Wildman–Crippen LogP) is 8.39. The summed E-state index contributed by atoms with van der Waals surface area (Å²) < 4.78 is 3.65. The zero-order chi connectivity index (χ0) is 21.6. The Hall–Kier alpha value is -1.21. The van der Waals surface area contributed by atoms with Crippen LogP contribution in [0.15, 0.2) is 85.7 Å². The Morgan fingerprint density at radius 2 is 1.06 bits per heavy atom. The summed E-state index contributed by atoms with van der Waals surface area (Å²) >= 11 is -1.17. The average Bonchev–Trinajstić information content (AvgIpc) is 3.51. The van der Waals surface area contributed by atoms with Gasteiger partial charge < -0.3 is 0 Å².